The molecule has 100 valence electrons. The van der Waals surface area contributed by atoms with Crippen LogP contribution in [0.4, 0.5) is 0 Å². The molecule has 0 bridgehead atoms. The molecule has 0 aliphatic heterocycles. The predicted octanol–water partition coefficient (Wildman–Crippen LogP) is 4.51. The van der Waals surface area contributed by atoms with Crippen LogP contribution in [0.3, 0.4) is 0 Å². The van der Waals surface area contributed by atoms with Gasteiger partial charge in [-0.15, -0.1) is 0 Å². The van der Waals surface area contributed by atoms with Crippen LogP contribution in [0.25, 0.3) is 10.8 Å². The second-order valence-electron chi connectivity index (χ2n) is 6.03. The van der Waals surface area contributed by atoms with Crippen LogP contribution in [0.15, 0.2) is 42.5 Å². The summed E-state index contributed by atoms with van der Waals surface area (Å²) in [7, 11) is 0. The van der Waals surface area contributed by atoms with Gasteiger partial charge < -0.3 is 5.32 Å². The van der Waals surface area contributed by atoms with Crippen LogP contribution in [0, 0.1) is 5.92 Å². The van der Waals surface area contributed by atoms with Crippen molar-refractivity contribution in [1.82, 2.24) is 5.32 Å². The van der Waals surface area contributed by atoms with Crippen molar-refractivity contribution in [2.75, 3.05) is 0 Å². The lowest BCUT2D eigenvalue weighted by Gasteiger charge is -2.27. The number of hydrogen-bond acceptors (Lipinski definition) is 1. The highest BCUT2D eigenvalue weighted by atomic mass is 14.9. The van der Waals surface area contributed by atoms with Crippen molar-refractivity contribution < 1.29 is 0 Å². The molecule has 2 atom stereocenters. The molecule has 1 saturated carbocycles. The molecule has 1 aliphatic carbocycles. The first-order valence-electron chi connectivity index (χ1n) is 7.52. The quantitative estimate of drug-likeness (QED) is 0.848. The molecule has 0 saturated heterocycles. The zero-order chi connectivity index (χ0) is 13.1. The minimum Gasteiger partial charge on any atom is -0.310 e. The van der Waals surface area contributed by atoms with Crippen LogP contribution in [-0.2, 0) is 6.54 Å². The van der Waals surface area contributed by atoms with E-state index in [0.29, 0.717) is 0 Å². The van der Waals surface area contributed by atoms with Gasteiger partial charge >= 0.3 is 0 Å². The predicted molar refractivity (Wildman–Crippen MR) is 82.2 cm³/mol. The average molecular weight is 253 g/mol. The van der Waals surface area contributed by atoms with Gasteiger partial charge in [-0.2, -0.15) is 0 Å². The van der Waals surface area contributed by atoms with Gasteiger partial charge in [-0.1, -0.05) is 56.2 Å². The summed E-state index contributed by atoms with van der Waals surface area (Å²) >= 11 is 0. The molecule has 1 heteroatoms. The molecular formula is C18H23N. The minimum absolute atomic E-state index is 0.718. The summed E-state index contributed by atoms with van der Waals surface area (Å²) in [5, 5.41) is 6.41. The van der Waals surface area contributed by atoms with Crippen LogP contribution < -0.4 is 5.32 Å². The van der Waals surface area contributed by atoms with Crippen LogP contribution >= 0.6 is 0 Å². The van der Waals surface area contributed by atoms with Gasteiger partial charge in [0.25, 0.3) is 0 Å². The van der Waals surface area contributed by atoms with Gasteiger partial charge in [-0.25, -0.2) is 0 Å². The number of rotatable bonds is 3. The van der Waals surface area contributed by atoms with E-state index in [4.69, 9.17) is 0 Å². The molecule has 2 unspecified atom stereocenters. The number of fused-ring (bicyclic) bond motifs is 1. The fourth-order valence-electron chi connectivity index (χ4n) is 3.23. The molecule has 2 aromatic carbocycles. The Morgan fingerprint density at radius 1 is 1.05 bits per heavy atom. The molecule has 0 heterocycles. The van der Waals surface area contributed by atoms with Gasteiger partial charge in [-0.05, 0) is 41.2 Å². The SMILES string of the molecule is CC1CCCC(NCc2ccc3ccccc3c2)C1. The number of benzene rings is 2. The zero-order valence-corrected chi connectivity index (χ0v) is 11.7. The van der Waals surface area contributed by atoms with E-state index in [9.17, 15) is 0 Å². The molecule has 0 radical (unpaired) electrons. The molecule has 3 rings (SSSR count). The van der Waals surface area contributed by atoms with Gasteiger partial charge in [0.05, 0.1) is 0 Å². The molecule has 1 aliphatic rings. The molecule has 1 nitrogen and oxygen atoms in total. The van der Waals surface area contributed by atoms with Crippen molar-refractivity contribution >= 4 is 10.8 Å². The summed E-state index contributed by atoms with van der Waals surface area (Å²) in [4.78, 5) is 0. The summed E-state index contributed by atoms with van der Waals surface area (Å²) in [5.41, 5.74) is 1.40. The third-order valence-electron chi connectivity index (χ3n) is 4.35. The van der Waals surface area contributed by atoms with E-state index in [1.807, 2.05) is 0 Å². The summed E-state index contributed by atoms with van der Waals surface area (Å²) in [5.74, 6) is 0.892. The van der Waals surface area contributed by atoms with E-state index in [0.717, 1.165) is 18.5 Å². The Hall–Kier alpha value is -1.34. The van der Waals surface area contributed by atoms with Gasteiger partial charge in [0, 0.05) is 12.6 Å². The molecule has 0 aromatic heterocycles. The second kappa shape index (κ2) is 5.75. The highest BCUT2D eigenvalue weighted by Crippen LogP contribution is 2.24. The molecule has 2 aromatic rings. The van der Waals surface area contributed by atoms with E-state index in [1.165, 1.54) is 42.0 Å². The lowest BCUT2D eigenvalue weighted by Crippen LogP contribution is -2.33. The Morgan fingerprint density at radius 3 is 2.74 bits per heavy atom. The molecule has 1 N–H and O–H groups in total. The van der Waals surface area contributed by atoms with E-state index >= 15 is 0 Å². The van der Waals surface area contributed by atoms with Crippen molar-refractivity contribution in [2.24, 2.45) is 5.92 Å². The van der Waals surface area contributed by atoms with Crippen LogP contribution in [0.1, 0.15) is 38.2 Å². The maximum absolute atomic E-state index is 3.73. The van der Waals surface area contributed by atoms with Crippen molar-refractivity contribution in [3.05, 3.63) is 48.0 Å². The van der Waals surface area contributed by atoms with Crippen molar-refractivity contribution in [2.45, 2.75) is 45.2 Å². The Labute approximate surface area is 116 Å². The maximum Gasteiger partial charge on any atom is 0.0208 e. The van der Waals surface area contributed by atoms with E-state index in [2.05, 4.69) is 54.7 Å². The average Bonchev–Trinajstić information content (AvgIpc) is 2.45. The Kier molecular flexibility index (Phi) is 3.84. The topological polar surface area (TPSA) is 12.0 Å². The second-order valence-corrected chi connectivity index (χ2v) is 6.03. The van der Waals surface area contributed by atoms with Gasteiger partial charge in [0.15, 0.2) is 0 Å². The smallest absolute Gasteiger partial charge is 0.0208 e. The first-order chi connectivity index (χ1) is 9.31. The van der Waals surface area contributed by atoms with E-state index in [1.54, 1.807) is 0 Å². The van der Waals surface area contributed by atoms with Gasteiger partial charge in [-0.3, -0.25) is 0 Å². The van der Waals surface area contributed by atoms with Crippen molar-refractivity contribution in [3.63, 3.8) is 0 Å². The normalized spacial score (nSPS) is 23.6. The highest BCUT2D eigenvalue weighted by Gasteiger charge is 2.17. The molecule has 19 heavy (non-hydrogen) atoms. The third-order valence-corrected chi connectivity index (χ3v) is 4.35. The first kappa shape index (κ1) is 12.7. The van der Waals surface area contributed by atoms with Crippen molar-refractivity contribution in [3.8, 4) is 0 Å². The Balaban J connectivity index is 1.64. The maximum atomic E-state index is 3.73. The fourth-order valence-corrected chi connectivity index (χ4v) is 3.23. The standard InChI is InChI=1S/C18H23N/c1-14-5-4-8-18(11-14)19-13-15-9-10-16-6-2-3-7-17(16)12-15/h2-3,6-7,9-10,12,14,18-19H,4-5,8,11,13H2,1H3. The zero-order valence-electron chi connectivity index (χ0n) is 11.7. The molecule has 0 spiro atoms. The molecular weight excluding hydrogens is 230 g/mol. The number of hydrogen-bond donors (Lipinski definition) is 1. The highest BCUT2D eigenvalue weighted by molar-refractivity contribution is 5.82. The lowest BCUT2D eigenvalue weighted by atomic mass is 9.87. The summed E-state index contributed by atoms with van der Waals surface area (Å²) in [6.45, 7) is 3.38. The Bertz CT molecular complexity index is 546. The monoisotopic (exact) mass is 253 g/mol. The fraction of sp³-hybridized carbons (Fsp3) is 0.444. The van der Waals surface area contributed by atoms with E-state index in [-0.39, 0.29) is 0 Å². The number of nitrogens with one attached hydrogen (secondary N) is 1. The first-order valence-corrected chi connectivity index (χ1v) is 7.52. The summed E-state index contributed by atoms with van der Waals surface area (Å²) in [6, 6.07) is 16.1. The third kappa shape index (κ3) is 3.16. The van der Waals surface area contributed by atoms with E-state index < -0.39 is 0 Å². The van der Waals surface area contributed by atoms with Crippen LogP contribution in [-0.4, -0.2) is 6.04 Å². The van der Waals surface area contributed by atoms with Crippen LogP contribution in [0.2, 0.25) is 0 Å². The van der Waals surface area contributed by atoms with Gasteiger partial charge in [0.2, 0.25) is 0 Å². The Morgan fingerprint density at radius 2 is 1.89 bits per heavy atom. The lowest BCUT2D eigenvalue weighted by molar-refractivity contribution is 0.300. The molecule has 1 fully saturated rings. The molecule has 0 amide bonds. The van der Waals surface area contributed by atoms with Crippen molar-refractivity contribution in [1.29, 1.82) is 0 Å². The summed E-state index contributed by atoms with van der Waals surface area (Å²) < 4.78 is 0. The largest absolute Gasteiger partial charge is 0.310 e. The van der Waals surface area contributed by atoms with Crippen LogP contribution in [0.5, 0.6) is 0 Å². The summed E-state index contributed by atoms with van der Waals surface area (Å²) in [6.07, 6.45) is 5.48. The minimum atomic E-state index is 0.718. The van der Waals surface area contributed by atoms with Gasteiger partial charge in [0.1, 0.15) is 0 Å².